The molecular weight excluding hydrogens is 178 g/mol. The summed E-state index contributed by atoms with van der Waals surface area (Å²) in [7, 11) is 0. The largest absolute Gasteiger partial charge is 0.379 e. The Morgan fingerprint density at radius 3 is 2.86 bits per heavy atom. The topological polar surface area (TPSA) is 42.1 Å². The van der Waals surface area contributed by atoms with Gasteiger partial charge >= 0.3 is 0 Å². The van der Waals surface area contributed by atoms with Crippen LogP contribution in [0, 0.1) is 0 Å². The molecule has 1 N–H and O–H groups in total. The third-order valence-corrected chi connectivity index (χ3v) is 2.88. The van der Waals surface area contributed by atoms with Gasteiger partial charge in [0.1, 0.15) is 5.78 Å². The van der Waals surface area contributed by atoms with E-state index >= 15 is 0 Å². The first kappa shape index (κ1) is 9.46. The van der Waals surface area contributed by atoms with Gasteiger partial charge in [0.2, 0.25) is 0 Å². The van der Waals surface area contributed by atoms with Crippen molar-refractivity contribution in [2.45, 2.75) is 25.2 Å². The number of hydrogen-bond acceptors (Lipinski definition) is 2. The fourth-order valence-electron chi connectivity index (χ4n) is 1.86. The number of aromatic nitrogens is 1. The number of carbonyl (C=O) groups excluding carboxylic acids is 1. The van der Waals surface area contributed by atoms with Gasteiger partial charge in [0.25, 0.3) is 0 Å². The lowest BCUT2D eigenvalue weighted by molar-refractivity contribution is -0.119. The summed E-state index contributed by atoms with van der Waals surface area (Å²) >= 11 is 0. The molecule has 2 heterocycles. The number of ether oxygens (including phenoxy) is 1. The molecule has 76 valence electrons. The molecule has 3 heteroatoms. The number of Topliss-reactive ketones (excluding diaryl/α,β-unsaturated/α-hetero) is 1. The fraction of sp³-hybridized carbons (Fsp3) is 0.545. The molecule has 0 amide bonds. The number of H-pyrrole nitrogens is 1. The van der Waals surface area contributed by atoms with Crippen molar-refractivity contribution in [1.29, 1.82) is 0 Å². The van der Waals surface area contributed by atoms with Crippen molar-refractivity contribution in [3.05, 3.63) is 24.0 Å². The summed E-state index contributed by atoms with van der Waals surface area (Å²) in [6.07, 6.45) is 3.45. The highest BCUT2D eigenvalue weighted by atomic mass is 16.5. The third-order valence-electron chi connectivity index (χ3n) is 2.88. The minimum absolute atomic E-state index is 0.0785. The minimum atomic E-state index is 0.0785. The third kappa shape index (κ3) is 1.60. The Kier molecular flexibility index (Phi) is 2.42. The van der Waals surface area contributed by atoms with Crippen molar-refractivity contribution < 1.29 is 9.53 Å². The maximum atomic E-state index is 10.9. The molecule has 0 unspecified atom stereocenters. The zero-order valence-corrected chi connectivity index (χ0v) is 8.38. The van der Waals surface area contributed by atoms with Gasteiger partial charge in [0, 0.05) is 18.3 Å². The molecule has 0 saturated carbocycles. The molecule has 1 aliphatic heterocycles. The zero-order chi connectivity index (χ0) is 10.0. The second-order valence-electron chi connectivity index (χ2n) is 4.06. The predicted octanol–water partition coefficient (Wildman–Crippen LogP) is 1.65. The van der Waals surface area contributed by atoms with Gasteiger partial charge in [-0.05, 0) is 25.5 Å². The maximum Gasteiger partial charge on any atom is 0.129 e. The van der Waals surface area contributed by atoms with Crippen LogP contribution in [0.2, 0.25) is 0 Å². The van der Waals surface area contributed by atoms with E-state index in [1.165, 1.54) is 5.69 Å². The number of nitrogens with one attached hydrogen (secondary N) is 1. The van der Waals surface area contributed by atoms with E-state index in [1.54, 1.807) is 6.92 Å². The molecule has 1 aromatic rings. The van der Waals surface area contributed by atoms with Gasteiger partial charge in [0.15, 0.2) is 0 Å². The second kappa shape index (κ2) is 3.58. The summed E-state index contributed by atoms with van der Waals surface area (Å²) < 4.78 is 5.26. The van der Waals surface area contributed by atoms with Crippen LogP contribution in [0.3, 0.4) is 0 Å². The quantitative estimate of drug-likeness (QED) is 0.790. The Labute approximate surface area is 83.5 Å². The lowest BCUT2D eigenvalue weighted by Crippen LogP contribution is -2.47. The number of hydrogen-bond donors (Lipinski definition) is 1. The Hall–Kier alpha value is -1.09. The molecule has 14 heavy (non-hydrogen) atoms. The SMILES string of the molecule is CC(=O)CCC1(c2ccc[nH]2)COC1. The van der Waals surface area contributed by atoms with E-state index < -0.39 is 0 Å². The van der Waals surface area contributed by atoms with Gasteiger partial charge in [-0.1, -0.05) is 0 Å². The first-order valence-electron chi connectivity index (χ1n) is 4.94. The van der Waals surface area contributed by atoms with Gasteiger partial charge < -0.3 is 14.5 Å². The molecule has 1 aliphatic rings. The summed E-state index contributed by atoms with van der Waals surface area (Å²) in [4.78, 5) is 14.2. The Bertz CT molecular complexity index is 312. The van der Waals surface area contributed by atoms with Crippen LogP contribution in [-0.4, -0.2) is 24.0 Å². The number of aromatic amines is 1. The van der Waals surface area contributed by atoms with Crippen LogP contribution in [-0.2, 0) is 14.9 Å². The average molecular weight is 193 g/mol. The van der Waals surface area contributed by atoms with Crippen LogP contribution in [0.4, 0.5) is 0 Å². The van der Waals surface area contributed by atoms with Crippen molar-refractivity contribution in [3.8, 4) is 0 Å². The first-order chi connectivity index (χ1) is 6.73. The molecular formula is C11H15NO2. The van der Waals surface area contributed by atoms with E-state index in [-0.39, 0.29) is 11.2 Å². The molecule has 1 aromatic heterocycles. The van der Waals surface area contributed by atoms with E-state index in [2.05, 4.69) is 11.1 Å². The van der Waals surface area contributed by atoms with Crippen LogP contribution in [0.25, 0.3) is 0 Å². The van der Waals surface area contributed by atoms with E-state index in [4.69, 9.17) is 4.74 Å². The maximum absolute atomic E-state index is 10.9. The number of carbonyl (C=O) groups is 1. The van der Waals surface area contributed by atoms with Crippen molar-refractivity contribution >= 4 is 5.78 Å². The molecule has 0 spiro atoms. The second-order valence-corrected chi connectivity index (χ2v) is 4.06. The van der Waals surface area contributed by atoms with Gasteiger partial charge in [-0.25, -0.2) is 0 Å². The van der Waals surface area contributed by atoms with Gasteiger partial charge in [-0.2, -0.15) is 0 Å². The minimum Gasteiger partial charge on any atom is -0.379 e. The smallest absolute Gasteiger partial charge is 0.129 e. The van der Waals surface area contributed by atoms with Crippen LogP contribution in [0.1, 0.15) is 25.5 Å². The molecule has 2 rings (SSSR count). The summed E-state index contributed by atoms with van der Waals surface area (Å²) in [5.74, 6) is 0.253. The summed E-state index contributed by atoms with van der Waals surface area (Å²) in [6.45, 7) is 3.11. The highest BCUT2D eigenvalue weighted by Crippen LogP contribution is 2.35. The lowest BCUT2D eigenvalue weighted by Gasteiger charge is -2.40. The Morgan fingerprint density at radius 2 is 2.43 bits per heavy atom. The van der Waals surface area contributed by atoms with Crippen LogP contribution in [0.5, 0.6) is 0 Å². The molecule has 3 nitrogen and oxygen atoms in total. The summed E-state index contributed by atoms with van der Waals surface area (Å²) in [5, 5.41) is 0. The fourth-order valence-corrected chi connectivity index (χ4v) is 1.86. The standard InChI is InChI=1S/C11H15NO2/c1-9(13)4-5-11(7-14-8-11)10-3-2-6-12-10/h2-3,6,12H,4-5,7-8H2,1H3. The van der Waals surface area contributed by atoms with Gasteiger partial charge in [0.05, 0.1) is 18.6 Å². The number of ketones is 1. The molecule has 0 atom stereocenters. The average Bonchev–Trinajstić information content (AvgIpc) is 2.55. The Morgan fingerprint density at radius 1 is 1.64 bits per heavy atom. The van der Waals surface area contributed by atoms with Crippen LogP contribution < -0.4 is 0 Å². The van der Waals surface area contributed by atoms with Crippen LogP contribution in [0.15, 0.2) is 18.3 Å². The predicted molar refractivity (Wildman–Crippen MR) is 53.2 cm³/mol. The molecule has 1 saturated heterocycles. The van der Waals surface area contributed by atoms with Crippen molar-refractivity contribution in [2.24, 2.45) is 0 Å². The van der Waals surface area contributed by atoms with Gasteiger partial charge in [-0.3, -0.25) is 0 Å². The van der Waals surface area contributed by atoms with Crippen molar-refractivity contribution in [1.82, 2.24) is 4.98 Å². The van der Waals surface area contributed by atoms with Crippen molar-refractivity contribution in [3.63, 3.8) is 0 Å². The molecule has 0 bridgehead atoms. The zero-order valence-electron chi connectivity index (χ0n) is 8.38. The van der Waals surface area contributed by atoms with E-state index in [0.29, 0.717) is 6.42 Å². The Balaban J connectivity index is 2.07. The first-order valence-corrected chi connectivity index (χ1v) is 4.94. The molecule has 0 radical (unpaired) electrons. The van der Waals surface area contributed by atoms with E-state index in [1.807, 2.05) is 12.3 Å². The van der Waals surface area contributed by atoms with E-state index in [9.17, 15) is 4.79 Å². The highest BCUT2D eigenvalue weighted by molar-refractivity contribution is 5.75. The highest BCUT2D eigenvalue weighted by Gasteiger charge is 2.40. The monoisotopic (exact) mass is 193 g/mol. The molecule has 1 fully saturated rings. The molecule has 0 aliphatic carbocycles. The van der Waals surface area contributed by atoms with Crippen molar-refractivity contribution in [2.75, 3.05) is 13.2 Å². The van der Waals surface area contributed by atoms with E-state index in [0.717, 1.165) is 19.6 Å². The summed E-state index contributed by atoms with van der Waals surface area (Å²) in [5.41, 5.74) is 1.28. The van der Waals surface area contributed by atoms with Crippen LogP contribution >= 0.6 is 0 Å². The molecule has 0 aromatic carbocycles. The lowest BCUT2D eigenvalue weighted by atomic mass is 9.78. The normalized spacial score (nSPS) is 18.9. The van der Waals surface area contributed by atoms with Gasteiger partial charge in [-0.15, -0.1) is 0 Å². The number of rotatable bonds is 4. The summed E-state index contributed by atoms with van der Waals surface area (Å²) in [6, 6.07) is 4.06.